The van der Waals surface area contributed by atoms with Crippen LogP contribution in [0, 0.1) is 6.92 Å². The van der Waals surface area contributed by atoms with E-state index in [1.54, 1.807) is 23.7 Å². The zero-order valence-corrected chi connectivity index (χ0v) is 6.85. The second-order valence-electron chi connectivity index (χ2n) is 2.23. The molecule has 0 aliphatic carbocycles. The van der Waals surface area contributed by atoms with Crippen LogP contribution in [-0.4, -0.2) is 15.0 Å². The van der Waals surface area contributed by atoms with Gasteiger partial charge in [-0.1, -0.05) is 0 Å². The van der Waals surface area contributed by atoms with Gasteiger partial charge in [-0.3, -0.25) is 0 Å². The Balaban J connectivity index is 2.45. The lowest BCUT2D eigenvalue weighted by molar-refractivity contribution is 1.22. The van der Waals surface area contributed by atoms with Gasteiger partial charge in [0.2, 0.25) is 0 Å². The minimum absolute atomic E-state index is 0.850. The molecular weight excluding hydrogens is 158 g/mol. The van der Waals surface area contributed by atoms with Crippen LogP contribution in [-0.2, 0) is 0 Å². The number of thiazole rings is 1. The molecule has 11 heavy (non-hydrogen) atoms. The fourth-order valence-electron chi connectivity index (χ4n) is 0.845. The lowest BCUT2D eigenvalue weighted by atomic mass is 10.6. The maximum absolute atomic E-state index is 4.28. The molecule has 0 unspecified atom stereocenters. The molecule has 0 aliphatic heterocycles. The zero-order valence-electron chi connectivity index (χ0n) is 6.03. The van der Waals surface area contributed by atoms with E-state index in [9.17, 15) is 0 Å². The van der Waals surface area contributed by atoms with Crippen LogP contribution < -0.4 is 0 Å². The molecule has 1 N–H and O–H groups in total. The molecule has 2 rings (SSSR count). The smallest absolute Gasteiger partial charge is 0.166 e. The summed E-state index contributed by atoms with van der Waals surface area (Å²) in [5.41, 5.74) is 1.04. The van der Waals surface area contributed by atoms with E-state index < -0.39 is 0 Å². The summed E-state index contributed by atoms with van der Waals surface area (Å²) in [5, 5.41) is 2.96. The molecule has 2 aromatic heterocycles. The standard InChI is InChI=1S/C7H7N3S/c1-5-4-11-7(10-5)6-8-2-3-9-6/h2-4H,1H3,(H,8,9). The van der Waals surface area contributed by atoms with E-state index in [1.807, 2.05) is 12.3 Å². The Morgan fingerprint density at radius 1 is 1.55 bits per heavy atom. The summed E-state index contributed by atoms with van der Waals surface area (Å²) in [5.74, 6) is 0.850. The van der Waals surface area contributed by atoms with Gasteiger partial charge in [0.15, 0.2) is 10.8 Å². The average Bonchev–Trinajstić information content (AvgIpc) is 2.55. The van der Waals surface area contributed by atoms with Crippen molar-refractivity contribution in [1.29, 1.82) is 0 Å². The molecule has 0 aromatic carbocycles. The molecule has 2 aromatic rings. The predicted octanol–water partition coefficient (Wildman–Crippen LogP) is 1.84. The zero-order chi connectivity index (χ0) is 7.68. The van der Waals surface area contributed by atoms with Gasteiger partial charge in [0.05, 0.1) is 0 Å². The summed E-state index contributed by atoms with van der Waals surface area (Å²) in [4.78, 5) is 11.4. The molecule has 0 radical (unpaired) electrons. The molecule has 0 fully saturated rings. The van der Waals surface area contributed by atoms with Crippen LogP contribution in [0.3, 0.4) is 0 Å². The number of imidazole rings is 1. The Morgan fingerprint density at radius 2 is 2.45 bits per heavy atom. The average molecular weight is 165 g/mol. The number of nitrogens with one attached hydrogen (secondary N) is 1. The molecule has 0 aliphatic rings. The van der Waals surface area contributed by atoms with Crippen molar-refractivity contribution in [3.8, 4) is 10.8 Å². The Hall–Kier alpha value is -1.16. The number of aromatic amines is 1. The van der Waals surface area contributed by atoms with Gasteiger partial charge in [0, 0.05) is 23.5 Å². The van der Waals surface area contributed by atoms with Gasteiger partial charge in [-0.25, -0.2) is 9.97 Å². The third kappa shape index (κ3) is 1.17. The molecule has 3 nitrogen and oxygen atoms in total. The monoisotopic (exact) mass is 165 g/mol. The van der Waals surface area contributed by atoms with Gasteiger partial charge in [-0.2, -0.15) is 0 Å². The second-order valence-corrected chi connectivity index (χ2v) is 3.09. The van der Waals surface area contributed by atoms with Crippen molar-refractivity contribution in [2.45, 2.75) is 6.92 Å². The van der Waals surface area contributed by atoms with E-state index in [2.05, 4.69) is 15.0 Å². The highest BCUT2D eigenvalue weighted by atomic mass is 32.1. The minimum atomic E-state index is 0.850. The van der Waals surface area contributed by atoms with Crippen LogP contribution in [0.1, 0.15) is 5.69 Å². The Kier molecular flexibility index (Phi) is 1.47. The third-order valence-electron chi connectivity index (χ3n) is 1.32. The SMILES string of the molecule is Cc1csc(-c2ncc[nH]2)n1. The maximum Gasteiger partial charge on any atom is 0.166 e. The van der Waals surface area contributed by atoms with E-state index in [0.717, 1.165) is 16.5 Å². The highest BCUT2D eigenvalue weighted by molar-refractivity contribution is 7.13. The molecular formula is C7H7N3S. The number of aryl methyl sites for hydroxylation is 1. The molecule has 0 spiro atoms. The highest BCUT2D eigenvalue weighted by Crippen LogP contribution is 2.18. The van der Waals surface area contributed by atoms with Crippen LogP contribution in [0.25, 0.3) is 10.8 Å². The summed E-state index contributed by atoms with van der Waals surface area (Å²) >= 11 is 1.60. The van der Waals surface area contributed by atoms with Gasteiger partial charge in [0.25, 0.3) is 0 Å². The topological polar surface area (TPSA) is 41.6 Å². The summed E-state index contributed by atoms with van der Waals surface area (Å²) < 4.78 is 0. The van der Waals surface area contributed by atoms with E-state index in [4.69, 9.17) is 0 Å². The van der Waals surface area contributed by atoms with E-state index >= 15 is 0 Å². The summed E-state index contributed by atoms with van der Waals surface area (Å²) in [6.07, 6.45) is 3.53. The minimum Gasteiger partial charge on any atom is -0.343 e. The van der Waals surface area contributed by atoms with Gasteiger partial charge < -0.3 is 4.98 Å². The number of nitrogens with zero attached hydrogens (tertiary/aromatic N) is 2. The van der Waals surface area contributed by atoms with Gasteiger partial charge >= 0.3 is 0 Å². The van der Waals surface area contributed by atoms with Crippen LogP contribution in [0.15, 0.2) is 17.8 Å². The van der Waals surface area contributed by atoms with Crippen LogP contribution in [0.4, 0.5) is 0 Å². The highest BCUT2D eigenvalue weighted by Gasteiger charge is 2.02. The van der Waals surface area contributed by atoms with Crippen molar-refractivity contribution < 1.29 is 0 Å². The van der Waals surface area contributed by atoms with E-state index in [1.165, 1.54) is 0 Å². The first kappa shape index (κ1) is 6.54. The molecule has 0 bridgehead atoms. The molecule has 0 saturated heterocycles. The second kappa shape index (κ2) is 2.47. The van der Waals surface area contributed by atoms with Crippen molar-refractivity contribution in [1.82, 2.24) is 15.0 Å². The van der Waals surface area contributed by atoms with Crippen molar-refractivity contribution in [3.63, 3.8) is 0 Å². The van der Waals surface area contributed by atoms with Crippen molar-refractivity contribution in [3.05, 3.63) is 23.5 Å². The molecule has 0 amide bonds. The van der Waals surface area contributed by atoms with E-state index in [0.29, 0.717) is 0 Å². The molecule has 4 heteroatoms. The van der Waals surface area contributed by atoms with Crippen molar-refractivity contribution in [2.24, 2.45) is 0 Å². The Labute approximate surface area is 68.1 Å². The normalized spacial score (nSPS) is 10.3. The maximum atomic E-state index is 4.28. The summed E-state index contributed by atoms with van der Waals surface area (Å²) in [6.45, 7) is 1.98. The van der Waals surface area contributed by atoms with Crippen LogP contribution >= 0.6 is 11.3 Å². The number of hydrogen-bond acceptors (Lipinski definition) is 3. The van der Waals surface area contributed by atoms with Crippen molar-refractivity contribution >= 4 is 11.3 Å². The van der Waals surface area contributed by atoms with Gasteiger partial charge in [-0.15, -0.1) is 11.3 Å². The third-order valence-corrected chi connectivity index (χ3v) is 2.29. The first-order valence-corrected chi connectivity index (χ1v) is 4.16. The first-order valence-electron chi connectivity index (χ1n) is 3.28. The van der Waals surface area contributed by atoms with E-state index in [-0.39, 0.29) is 0 Å². The Morgan fingerprint density at radius 3 is 3.00 bits per heavy atom. The molecule has 2 heterocycles. The summed E-state index contributed by atoms with van der Waals surface area (Å²) in [6, 6.07) is 0. The molecule has 0 saturated carbocycles. The van der Waals surface area contributed by atoms with Gasteiger partial charge in [0.1, 0.15) is 0 Å². The Bertz CT molecular complexity index is 336. The fraction of sp³-hybridized carbons (Fsp3) is 0.143. The van der Waals surface area contributed by atoms with Crippen molar-refractivity contribution in [2.75, 3.05) is 0 Å². The lowest BCUT2D eigenvalue weighted by Gasteiger charge is -1.84. The number of H-pyrrole nitrogens is 1. The van der Waals surface area contributed by atoms with Gasteiger partial charge in [-0.05, 0) is 6.92 Å². The summed E-state index contributed by atoms with van der Waals surface area (Å²) in [7, 11) is 0. The predicted molar refractivity (Wildman–Crippen MR) is 44.4 cm³/mol. The van der Waals surface area contributed by atoms with Crippen LogP contribution in [0.2, 0.25) is 0 Å². The van der Waals surface area contributed by atoms with Crippen LogP contribution in [0.5, 0.6) is 0 Å². The number of rotatable bonds is 1. The molecule has 56 valence electrons. The number of hydrogen-bond donors (Lipinski definition) is 1. The quantitative estimate of drug-likeness (QED) is 0.700. The lowest BCUT2D eigenvalue weighted by Crippen LogP contribution is -1.77. The number of aromatic nitrogens is 3. The largest absolute Gasteiger partial charge is 0.343 e. The molecule has 0 atom stereocenters. The fourth-order valence-corrected chi connectivity index (χ4v) is 1.60. The first-order chi connectivity index (χ1) is 5.36.